The van der Waals surface area contributed by atoms with Crippen LogP contribution in [-0.2, 0) is 11.2 Å². The second-order valence-electron chi connectivity index (χ2n) is 5.49. The number of amides is 1. The molecule has 0 aliphatic carbocycles. The Morgan fingerprint density at radius 2 is 2.00 bits per heavy atom. The van der Waals surface area contributed by atoms with Crippen molar-refractivity contribution in [1.82, 2.24) is 0 Å². The SMILES string of the molecule is Cc1ccc(CC2Oc3ccc(N)cc3NC2=O)c(C)c1. The lowest BCUT2D eigenvalue weighted by atomic mass is 9.99. The number of ether oxygens (including phenoxy) is 1. The largest absolute Gasteiger partial charge is 0.478 e. The van der Waals surface area contributed by atoms with Crippen molar-refractivity contribution in [3.05, 3.63) is 53.1 Å². The number of fused-ring (bicyclic) bond motifs is 1. The molecule has 3 rings (SSSR count). The van der Waals surface area contributed by atoms with E-state index in [2.05, 4.69) is 37.4 Å². The van der Waals surface area contributed by atoms with Gasteiger partial charge in [0.05, 0.1) is 5.69 Å². The van der Waals surface area contributed by atoms with Crippen molar-refractivity contribution < 1.29 is 9.53 Å². The fourth-order valence-corrected chi connectivity index (χ4v) is 2.58. The van der Waals surface area contributed by atoms with Gasteiger partial charge in [0.1, 0.15) is 5.75 Å². The third-order valence-electron chi connectivity index (χ3n) is 3.73. The molecule has 3 N–H and O–H groups in total. The monoisotopic (exact) mass is 282 g/mol. The summed E-state index contributed by atoms with van der Waals surface area (Å²) >= 11 is 0. The Bertz CT molecular complexity index is 710. The first-order chi connectivity index (χ1) is 10.0. The Morgan fingerprint density at radius 3 is 2.76 bits per heavy atom. The number of carbonyl (C=O) groups is 1. The smallest absolute Gasteiger partial charge is 0.265 e. The van der Waals surface area contributed by atoms with E-state index in [4.69, 9.17) is 10.5 Å². The number of benzene rings is 2. The van der Waals surface area contributed by atoms with E-state index in [1.165, 1.54) is 11.1 Å². The van der Waals surface area contributed by atoms with Gasteiger partial charge in [-0.15, -0.1) is 0 Å². The topological polar surface area (TPSA) is 64.3 Å². The van der Waals surface area contributed by atoms with Crippen LogP contribution in [0.3, 0.4) is 0 Å². The molecule has 0 aromatic heterocycles. The molecule has 1 atom stereocenters. The fourth-order valence-electron chi connectivity index (χ4n) is 2.58. The molecule has 1 heterocycles. The van der Waals surface area contributed by atoms with Gasteiger partial charge >= 0.3 is 0 Å². The maximum atomic E-state index is 12.2. The zero-order valence-corrected chi connectivity index (χ0v) is 12.1. The molecular weight excluding hydrogens is 264 g/mol. The van der Waals surface area contributed by atoms with Crippen molar-refractivity contribution >= 4 is 17.3 Å². The molecule has 1 aliphatic rings. The highest BCUT2D eigenvalue weighted by Gasteiger charge is 2.28. The second kappa shape index (κ2) is 5.13. The molecule has 0 fully saturated rings. The van der Waals surface area contributed by atoms with Gasteiger partial charge in [-0.3, -0.25) is 4.79 Å². The molecule has 21 heavy (non-hydrogen) atoms. The van der Waals surface area contributed by atoms with Gasteiger partial charge in [0, 0.05) is 12.1 Å². The second-order valence-corrected chi connectivity index (χ2v) is 5.49. The summed E-state index contributed by atoms with van der Waals surface area (Å²) in [5.41, 5.74) is 10.5. The number of hydrogen-bond donors (Lipinski definition) is 2. The van der Waals surface area contributed by atoms with Gasteiger partial charge in [0.25, 0.3) is 5.91 Å². The lowest BCUT2D eigenvalue weighted by Crippen LogP contribution is -2.38. The first-order valence-corrected chi connectivity index (χ1v) is 6.96. The fraction of sp³-hybridized carbons (Fsp3) is 0.235. The van der Waals surface area contributed by atoms with Crippen molar-refractivity contribution in [2.75, 3.05) is 11.1 Å². The predicted octanol–water partition coefficient (Wildman–Crippen LogP) is 2.83. The van der Waals surface area contributed by atoms with Gasteiger partial charge < -0.3 is 15.8 Å². The van der Waals surface area contributed by atoms with Crippen molar-refractivity contribution in [2.24, 2.45) is 0 Å². The van der Waals surface area contributed by atoms with Crippen molar-refractivity contribution in [3.63, 3.8) is 0 Å². The summed E-state index contributed by atoms with van der Waals surface area (Å²) in [6.07, 6.45) is 0.0458. The zero-order valence-electron chi connectivity index (χ0n) is 12.1. The Hall–Kier alpha value is -2.49. The number of aryl methyl sites for hydroxylation is 2. The van der Waals surface area contributed by atoms with Gasteiger partial charge in [0.2, 0.25) is 0 Å². The van der Waals surface area contributed by atoms with Gasteiger partial charge in [-0.2, -0.15) is 0 Å². The van der Waals surface area contributed by atoms with Crippen LogP contribution in [0, 0.1) is 13.8 Å². The first kappa shape index (κ1) is 13.5. The molecule has 1 unspecified atom stereocenters. The molecule has 0 bridgehead atoms. The highest BCUT2D eigenvalue weighted by atomic mass is 16.5. The molecule has 0 radical (unpaired) electrons. The summed E-state index contributed by atoms with van der Waals surface area (Å²) in [7, 11) is 0. The molecule has 4 heteroatoms. The molecule has 2 aromatic rings. The molecule has 108 valence electrons. The van der Waals surface area contributed by atoms with E-state index in [1.54, 1.807) is 18.2 Å². The summed E-state index contributed by atoms with van der Waals surface area (Å²) < 4.78 is 5.82. The van der Waals surface area contributed by atoms with E-state index < -0.39 is 6.10 Å². The van der Waals surface area contributed by atoms with Crippen LogP contribution in [0.25, 0.3) is 0 Å². The molecule has 1 amide bonds. The van der Waals surface area contributed by atoms with Crippen LogP contribution in [0.2, 0.25) is 0 Å². The molecule has 0 saturated carbocycles. The third-order valence-corrected chi connectivity index (χ3v) is 3.73. The number of anilines is 2. The van der Waals surface area contributed by atoms with Crippen LogP contribution in [0.15, 0.2) is 36.4 Å². The average Bonchev–Trinajstić information content (AvgIpc) is 2.42. The minimum Gasteiger partial charge on any atom is -0.478 e. The maximum Gasteiger partial charge on any atom is 0.265 e. The molecular formula is C17H18N2O2. The Labute approximate surface area is 123 Å². The molecule has 0 spiro atoms. The Morgan fingerprint density at radius 1 is 1.19 bits per heavy atom. The lowest BCUT2D eigenvalue weighted by molar-refractivity contribution is -0.123. The average molecular weight is 282 g/mol. The number of nitrogens with two attached hydrogens (primary N) is 1. The minimum atomic E-state index is -0.512. The van der Waals surface area contributed by atoms with Crippen LogP contribution >= 0.6 is 0 Å². The normalized spacial score (nSPS) is 16.9. The summed E-state index contributed by atoms with van der Waals surface area (Å²) in [6, 6.07) is 11.5. The molecule has 0 saturated heterocycles. The van der Waals surface area contributed by atoms with Gasteiger partial charge in [0.15, 0.2) is 6.10 Å². The quantitative estimate of drug-likeness (QED) is 0.832. The predicted molar refractivity (Wildman–Crippen MR) is 83.5 cm³/mol. The van der Waals surface area contributed by atoms with Gasteiger partial charge in [-0.05, 0) is 43.2 Å². The highest BCUT2D eigenvalue weighted by Crippen LogP contribution is 2.32. The standard InChI is InChI=1S/C17H18N2O2/c1-10-3-4-12(11(2)7-10)8-16-17(20)19-14-9-13(18)5-6-15(14)21-16/h3-7,9,16H,8,18H2,1-2H3,(H,19,20). The summed E-state index contributed by atoms with van der Waals surface area (Å²) in [6.45, 7) is 4.11. The molecule has 2 aromatic carbocycles. The van der Waals surface area contributed by atoms with E-state index >= 15 is 0 Å². The van der Waals surface area contributed by atoms with Crippen LogP contribution in [0.4, 0.5) is 11.4 Å². The Kier molecular flexibility index (Phi) is 3.29. The molecule has 4 nitrogen and oxygen atoms in total. The number of hydrogen-bond acceptors (Lipinski definition) is 3. The lowest BCUT2D eigenvalue weighted by Gasteiger charge is -2.26. The molecule has 1 aliphatic heterocycles. The summed E-state index contributed by atoms with van der Waals surface area (Å²) in [5.74, 6) is 0.534. The minimum absolute atomic E-state index is 0.131. The number of rotatable bonds is 2. The Balaban J connectivity index is 1.84. The van der Waals surface area contributed by atoms with E-state index in [9.17, 15) is 4.79 Å². The van der Waals surface area contributed by atoms with Crippen molar-refractivity contribution in [2.45, 2.75) is 26.4 Å². The van der Waals surface area contributed by atoms with Crippen LogP contribution in [-0.4, -0.2) is 12.0 Å². The van der Waals surface area contributed by atoms with E-state index in [-0.39, 0.29) is 5.91 Å². The summed E-state index contributed by atoms with van der Waals surface area (Å²) in [4.78, 5) is 12.2. The maximum absolute atomic E-state index is 12.2. The van der Waals surface area contributed by atoms with Gasteiger partial charge in [-0.1, -0.05) is 23.8 Å². The van der Waals surface area contributed by atoms with Gasteiger partial charge in [-0.25, -0.2) is 0 Å². The van der Waals surface area contributed by atoms with E-state index in [1.807, 2.05) is 0 Å². The first-order valence-electron chi connectivity index (χ1n) is 6.96. The zero-order chi connectivity index (χ0) is 15.0. The van der Waals surface area contributed by atoms with E-state index in [0.717, 1.165) is 5.56 Å². The van der Waals surface area contributed by atoms with Crippen molar-refractivity contribution in [1.29, 1.82) is 0 Å². The number of nitrogen functional groups attached to an aromatic ring is 1. The van der Waals surface area contributed by atoms with Crippen LogP contribution < -0.4 is 15.8 Å². The van der Waals surface area contributed by atoms with E-state index in [0.29, 0.717) is 23.5 Å². The summed E-state index contributed by atoms with van der Waals surface area (Å²) in [5, 5.41) is 2.86. The third kappa shape index (κ3) is 2.70. The number of nitrogens with one attached hydrogen (secondary N) is 1. The van der Waals surface area contributed by atoms with Crippen LogP contribution in [0.1, 0.15) is 16.7 Å². The number of carbonyl (C=O) groups excluding carboxylic acids is 1. The highest BCUT2D eigenvalue weighted by molar-refractivity contribution is 5.98. The van der Waals surface area contributed by atoms with Crippen LogP contribution in [0.5, 0.6) is 5.75 Å². The van der Waals surface area contributed by atoms with Crippen molar-refractivity contribution in [3.8, 4) is 5.75 Å².